The van der Waals surface area contributed by atoms with Gasteiger partial charge < -0.3 is 10.6 Å². The molecule has 0 heterocycles. The highest BCUT2D eigenvalue weighted by molar-refractivity contribution is 7.89. The van der Waals surface area contributed by atoms with Gasteiger partial charge in [0.15, 0.2) is 0 Å². The normalized spacial score (nSPS) is 11.5. The lowest BCUT2D eigenvalue weighted by Crippen LogP contribution is -2.22. The smallest absolute Gasteiger partial charge is 0.238 e. The van der Waals surface area contributed by atoms with Crippen molar-refractivity contribution in [3.8, 4) is 0 Å². The van der Waals surface area contributed by atoms with Crippen LogP contribution in [0.5, 0.6) is 0 Å². The van der Waals surface area contributed by atoms with Crippen molar-refractivity contribution in [2.45, 2.75) is 11.8 Å². The van der Waals surface area contributed by atoms with Crippen molar-refractivity contribution in [3.05, 3.63) is 24.0 Å². The second-order valence-electron chi connectivity index (χ2n) is 3.47. The predicted octanol–water partition coefficient (Wildman–Crippen LogP) is 0.495. The molecule has 0 amide bonds. The van der Waals surface area contributed by atoms with Gasteiger partial charge in [-0.1, -0.05) is 6.92 Å². The summed E-state index contributed by atoms with van der Waals surface area (Å²) in [6, 6.07) is 3.54. The van der Waals surface area contributed by atoms with Gasteiger partial charge in [0.25, 0.3) is 0 Å². The van der Waals surface area contributed by atoms with Crippen molar-refractivity contribution < 1.29 is 12.8 Å². The Labute approximate surface area is 100 Å². The Morgan fingerprint density at radius 2 is 2.06 bits per heavy atom. The van der Waals surface area contributed by atoms with E-state index in [0.29, 0.717) is 13.1 Å². The Hall–Kier alpha value is -1.18. The maximum Gasteiger partial charge on any atom is 0.238 e. The molecule has 0 bridgehead atoms. The van der Waals surface area contributed by atoms with Crippen molar-refractivity contribution >= 4 is 15.7 Å². The van der Waals surface area contributed by atoms with Gasteiger partial charge in [-0.3, -0.25) is 0 Å². The van der Waals surface area contributed by atoms with E-state index in [1.165, 1.54) is 12.1 Å². The maximum absolute atomic E-state index is 13.5. The van der Waals surface area contributed by atoms with E-state index in [1.807, 2.05) is 6.92 Å². The third-order valence-corrected chi connectivity index (χ3v) is 3.05. The van der Waals surface area contributed by atoms with Crippen LogP contribution >= 0.6 is 0 Å². The molecular formula is C10H16FN3O2S. The number of hydrogen-bond donors (Lipinski definition) is 3. The van der Waals surface area contributed by atoms with Gasteiger partial charge in [-0.25, -0.2) is 17.9 Å². The lowest BCUT2D eigenvalue weighted by atomic mass is 10.3. The number of primary sulfonamides is 1. The molecule has 0 fully saturated rings. The van der Waals surface area contributed by atoms with Crippen LogP contribution in [0.25, 0.3) is 0 Å². The minimum Gasteiger partial charge on any atom is -0.381 e. The van der Waals surface area contributed by atoms with E-state index in [-0.39, 0.29) is 10.6 Å². The van der Waals surface area contributed by atoms with Crippen molar-refractivity contribution in [1.29, 1.82) is 0 Å². The number of likely N-dealkylation sites (N-methyl/N-ethyl adjacent to an activating group) is 1. The first-order chi connectivity index (χ1) is 7.95. The van der Waals surface area contributed by atoms with E-state index in [1.54, 1.807) is 0 Å². The zero-order chi connectivity index (χ0) is 12.9. The Morgan fingerprint density at radius 3 is 2.59 bits per heavy atom. The van der Waals surface area contributed by atoms with Gasteiger partial charge in [0.05, 0.1) is 10.6 Å². The van der Waals surface area contributed by atoms with Crippen molar-refractivity contribution in [2.24, 2.45) is 5.14 Å². The molecule has 0 saturated heterocycles. The summed E-state index contributed by atoms with van der Waals surface area (Å²) in [7, 11) is -3.85. The number of nitrogens with two attached hydrogens (primary N) is 1. The van der Waals surface area contributed by atoms with Crippen LogP contribution in [-0.2, 0) is 10.0 Å². The number of halogens is 1. The Morgan fingerprint density at radius 1 is 1.35 bits per heavy atom. The van der Waals surface area contributed by atoms with Gasteiger partial charge >= 0.3 is 0 Å². The van der Waals surface area contributed by atoms with Gasteiger partial charge in [0, 0.05) is 13.1 Å². The van der Waals surface area contributed by atoms with Crippen LogP contribution in [0, 0.1) is 5.82 Å². The molecule has 0 aliphatic heterocycles. The molecule has 0 unspecified atom stereocenters. The molecule has 0 aliphatic rings. The van der Waals surface area contributed by atoms with Gasteiger partial charge in [0.2, 0.25) is 10.0 Å². The molecule has 5 nitrogen and oxygen atoms in total. The molecule has 1 aromatic rings. The van der Waals surface area contributed by atoms with Crippen molar-refractivity contribution in [2.75, 3.05) is 25.0 Å². The molecule has 0 aliphatic carbocycles. The third-order valence-electron chi connectivity index (χ3n) is 2.14. The number of hydrogen-bond acceptors (Lipinski definition) is 4. The number of sulfonamides is 1. The van der Waals surface area contributed by atoms with Crippen LogP contribution in [0.15, 0.2) is 23.1 Å². The summed E-state index contributed by atoms with van der Waals surface area (Å²) in [5, 5.41) is 10.8. The van der Waals surface area contributed by atoms with Crippen LogP contribution in [0.4, 0.5) is 10.1 Å². The highest BCUT2D eigenvalue weighted by atomic mass is 32.2. The lowest BCUT2D eigenvalue weighted by molar-refractivity contribution is 0.592. The summed E-state index contributed by atoms with van der Waals surface area (Å²) >= 11 is 0. The molecule has 0 aromatic heterocycles. The largest absolute Gasteiger partial charge is 0.381 e. The number of benzene rings is 1. The van der Waals surface area contributed by atoms with Crippen LogP contribution in [-0.4, -0.2) is 28.1 Å². The zero-order valence-corrected chi connectivity index (χ0v) is 10.3. The standard InChI is InChI=1S/C10H16FN3O2S/c1-2-13-5-6-14-10-4-3-8(7-9(10)11)17(12,15)16/h3-4,7,13-14H,2,5-6H2,1H3,(H2,12,15,16). The summed E-state index contributed by atoms with van der Waals surface area (Å²) < 4.78 is 35.4. The quantitative estimate of drug-likeness (QED) is 0.651. The topological polar surface area (TPSA) is 84.2 Å². The molecule has 0 spiro atoms. The summed E-state index contributed by atoms with van der Waals surface area (Å²) in [5.41, 5.74) is 0.260. The average molecular weight is 261 g/mol. The fraction of sp³-hybridized carbons (Fsp3) is 0.400. The fourth-order valence-electron chi connectivity index (χ4n) is 1.28. The number of nitrogens with one attached hydrogen (secondary N) is 2. The number of anilines is 1. The molecule has 17 heavy (non-hydrogen) atoms. The maximum atomic E-state index is 13.5. The Balaban J connectivity index is 2.70. The highest BCUT2D eigenvalue weighted by Crippen LogP contribution is 2.17. The highest BCUT2D eigenvalue weighted by Gasteiger charge is 2.10. The third kappa shape index (κ3) is 4.29. The fourth-order valence-corrected chi connectivity index (χ4v) is 1.80. The zero-order valence-electron chi connectivity index (χ0n) is 9.53. The van der Waals surface area contributed by atoms with E-state index in [0.717, 1.165) is 12.6 Å². The van der Waals surface area contributed by atoms with Gasteiger partial charge in [-0.15, -0.1) is 0 Å². The second-order valence-corrected chi connectivity index (χ2v) is 5.03. The molecule has 7 heteroatoms. The molecule has 0 saturated carbocycles. The average Bonchev–Trinajstić information content (AvgIpc) is 2.24. The van der Waals surface area contributed by atoms with E-state index < -0.39 is 15.8 Å². The van der Waals surface area contributed by atoms with Crippen LogP contribution in [0.2, 0.25) is 0 Å². The van der Waals surface area contributed by atoms with E-state index in [9.17, 15) is 12.8 Å². The molecular weight excluding hydrogens is 245 g/mol. The molecule has 1 aromatic carbocycles. The molecule has 1 rings (SSSR count). The predicted molar refractivity (Wildman–Crippen MR) is 64.8 cm³/mol. The Kier molecular flexibility index (Phi) is 4.86. The summed E-state index contributed by atoms with van der Waals surface area (Å²) in [6.07, 6.45) is 0. The first-order valence-corrected chi connectivity index (χ1v) is 6.76. The van der Waals surface area contributed by atoms with Gasteiger partial charge in [0.1, 0.15) is 5.82 Å². The second kappa shape index (κ2) is 5.95. The molecule has 0 radical (unpaired) electrons. The van der Waals surface area contributed by atoms with Crippen molar-refractivity contribution in [1.82, 2.24) is 5.32 Å². The number of rotatable bonds is 6. The van der Waals surface area contributed by atoms with Crippen LogP contribution in [0.3, 0.4) is 0 Å². The first-order valence-electron chi connectivity index (χ1n) is 5.22. The lowest BCUT2D eigenvalue weighted by Gasteiger charge is -2.08. The molecule has 96 valence electrons. The SMILES string of the molecule is CCNCCNc1ccc(S(N)(=O)=O)cc1F. The molecule has 4 N–H and O–H groups in total. The van der Waals surface area contributed by atoms with E-state index in [4.69, 9.17) is 5.14 Å². The van der Waals surface area contributed by atoms with Gasteiger partial charge in [-0.05, 0) is 24.7 Å². The van der Waals surface area contributed by atoms with Crippen molar-refractivity contribution in [3.63, 3.8) is 0 Å². The Bertz CT molecular complexity index is 476. The van der Waals surface area contributed by atoms with E-state index in [2.05, 4.69) is 10.6 Å². The molecule has 0 atom stereocenters. The monoisotopic (exact) mass is 261 g/mol. The first kappa shape index (κ1) is 13.9. The van der Waals surface area contributed by atoms with Gasteiger partial charge in [-0.2, -0.15) is 0 Å². The van der Waals surface area contributed by atoms with E-state index >= 15 is 0 Å². The van der Waals surface area contributed by atoms with Crippen LogP contribution < -0.4 is 15.8 Å². The summed E-state index contributed by atoms with van der Waals surface area (Å²) in [5.74, 6) is -0.631. The summed E-state index contributed by atoms with van der Waals surface area (Å²) in [6.45, 7) is 4.07. The minimum absolute atomic E-state index is 0.229. The summed E-state index contributed by atoms with van der Waals surface area (Å²) in [4.78, 5) is -0.229. The minimum atomic E-state index is -3.85. The van der Waals surface area contributed by atoms with Crippen LogP contribution in [0.1, 0.15) is 6.92 Å².